The first-order valence-corrected chi connectivity index (χ1v) is 9.57. The third-order valence-corrected chi connectivity index (χ3v) is 5.18. The molecule has 1 N–H and O–H groups in total. The van der Waals surface area contributed by atoms with Crippen LogP contribution in [0, 0.1) is 17.1 Å². The molecular weight excluding hydrogens is 417 g/mol. The highest BCUT2D eigenvalue weighted by molar-refractivity contribution is 6.35. The zero-order chi connectivity index (χ0) is 21.5. The molecule has 3 heterocycles. The normalized spacial score (nSPS) is 11.0. The molecule has 3 aromatic heterocycles. The monoisotopic (exact) mass is 427 g/mol. The first kappa shape index (κ1) is 18.9. The van der Waals surface area contributed by atoms with Crippen molar-refractivity contribution in [1.82, 2.24) is 19.9 Å². The highest BCUT2D eigenvalue weighted by Crippen LogP contribution is 2.35. The zero-order valence-electron chi connectivity index (χ0n) is 15.7. The van der Waals surface area contributed by atoms with Gasteiger partial charge in [-0.2, -0.15) is 5.26 Å². The Kier molecular flexibility index (Phi) is 4.42. The third-order valence-electron chi connectivity index (χ3n) is 4.89. The molecule has 148 valence electrons. The Balaban J connectivity index is 1.90. The van der Waals surface area contributed by atoms with Crippen molar-refractivity contribution >= 4 is 33.7 Å². The minimum Gasteiger partial charge on any atom is -0.345 e. The second kappa shape index (κ2) is 7.27. The number of nitrogens with zero attached hydrogens (tertiary/aromatic N) is 4. The van der Waals surface area contributed by atoms with E-state index in [2.05, 4.69) is 19.9 Å². The number of aromatic amines is 1. The molecule has 0 aliphatic carbocycles. The Morgan fingerprint density at radius 2 is 1.90 bits per heavy atom. The highest BCUT2D eigenvalue weighted by Gasteiger charge is 2.20. The molecule has 0 bridgehead atoms. The molecule has 0 aliphatic rings. The van der Waals surface area contributed by atoms with Gasteiger partial charge in [0.2, 0.25) is 5.43 Å². The summed E-state index contributed by atoms with van der Waals surface area (Å²) in [6.45, 7) is 0. The van der Waals surface area contributed by atoms with Crippen LogP contribution in [0.5, 0.6) is 0 Å². The molecule has 0 aliphatic heterocycles. The van der Waals surface area contributed by atoms with Gasteiger partial charge in [0, 0.05) is 35.0 Å². The van der Waals surface area contributed by atoms with E-state index in [1.54, 1.807) is 30.5 Å². The summed E-state index contributed by atoms with van der Waals surface area (Å²) in [5.41, 5.74) is 1.58. The lowest BCUT2D eigenvalue weighted by atomic mass is 10.00. The predicted octanol–water partition coefficient (Wildman–Crippen LogP) is 4.86. The number of fused-ring (bicyclic) bond motifs is 2. The molecule has 5 rings (SSSR count). The quantitative estimate of drug-likeness (QED) is 0.434. The number of pyridine rings is 2. The number of aromatic nitrogens is 4. The summed E-state index contributed by atoms with van der Waals surface area (Å²) in [5.74, 6) is -0.716. The van der Waals surface area contributed by atoms with E-state index < -0.39 is 5.82 Å². The van der Waals surface area contributed by atoms with Crippen molar-refractivity contribution in [2.75, 3.05) is 0 Å². The van der Waals surface area contributed by atoms with Crippen LogP contribution in [0.4, 0.5) is 4.39 Å². The number of benzene rings is 2. The Morgan fingerprint density at radius 3 is 2.74 bits per heavy atom. The fraction of sp³-hybridized carbons (Fsp3) is 0. The van der Waals surface area contributed by atoms with E-state index in [4.69, 9.17) is 11.6 Å². The molecule has 31 heavy (non-hydrogen) atoms. The lowest BCUT2D eigenvalue weighted by Gasteiger charge is -2.12. The minimum atomic E-state index is -0.716. The summed E-state index contributed by atoms with van der Waals surface area (Å²) < 4.78 is 15.1. The topological polar surface area (TPSA) is 95.3 Å². The van der Waals surface area contributed by atoms with E-state index in [0.29, 0.717) is 16.1 Å². The lowest BCUT2D eigenvalue weighted by Crippen LogP contribution is -2.07. The smallest absolute Gasteiger partial charge is 0.209 e. The summed E-state index contributed by atoms with van der Waals surface area (Å²) in [7, 11) is 0. The maximum absolute atomic E-state index is 15.1. The number of nitriles is 1. The minimum absolute atomic E-state index is 0.0931. The van der Waals surface area contributed by atoms with Crippen LogP contribution in [-0.4, -0.2) is 19.9 Å². The van der Waals surface area contributed by atoms with E-state index in [-0.39, 0.29) is 39.1 Å². The van der Waals surface area contributed by atoms with Gasteiger partial charge in [0.25, 0.3) is 0 Å². The van der Waals surface area contributed by atoms with Gasteiger partial charge < -0.3 is 4.98 Å². The third kappa shape index (κ3) is 3.10. The Bertz CT molecular complexity index is 1610. The molecule has 0 atom stereocenters. The molecule has 0 radical (unpaired) electrons. The Labute approximate surface area is 179 Å². The SMILES string of the molecule is N#Cc1cccc(-c2nc3[nH]ccc(=O)c3nc2-c2cc(Cl)c3ncccc3c2)c1F. The van der Waals surface area contributed by atoms with Crippen molar-refractivity contribution in [2.24, 2.45) is 0 Å². The molecule has 0 saturated heterocycles. The van der Waals surface area contributed by atoms with Crippen molar-refractivity contribution in [3.63, 3.8) is 0 Å². The van der Waals surface area contributed by atoms with Crippen molar-refractivity contribution in [1.29, 1.82) is 5.26 Å². The summed E-state index contributed by atoms with van der Waals surface area (Å²) in [4.78, 5) is 28.6. The number of hydrogen-bond acceptors (Lipinski definition) is 5. The van der Waals surface area contributed by atoms with Gasteiger partial charge in [-0.3, -0.25) is 9.78 Å². The van der Waals surface area contributed by atoms with Crippen LogP contribution in [0.1, 0.15) is 5.56 Å². The van der Waals surface area contributed by atoms with Gasteiger partial charge in [0.05, 0.1) is 21.8 Å². The van der Waals surface area contributed by atoms with Crippen LogP contribution in [0.3, 0.4) is 0 Å². The number of H-pyrrole nitrogens is 1. The van der Waals surface area contributed by atoms with Gasteiger partial charge in [0.15, 0.2) is 11.2 Å². The maximum atomic E-state index is 15.1. The van der Waals surface area contributed by atoms with E-state index in [0.717, 1.165) is 5.39 Å². The molecule has 8 heteroatoms. The number of halogens is 2. The first-order chi connectivity index (χ1) is 15.1. The predicted molar refractivity (Wildman–Crippen MR) is 116 cm³/mol. The van der Waals surface area contributed by atoms with Crippen LogP contribution < -0.4 is 5.43 Å². The Morgan fingerprint density at radius 1 is 1.03 bits per heavy atom. The summed E-state index contributed by atoms with van der Waals surface area (Å²) >= 11 is 6.44. The molecule has 0 amide bonds. The fourth-order valence-corrected chi connectivity index (χ4v) is 3.73. The van der Waals surface area contributed by atoms with Gasteiger partial charge >= 0.3 is 0 Å². The van der Waals surface area contributed by atoms with Gasteiger partial charge in [-0.05, 0) is 30.3 Å². The average molecular weight is 428 g/mol. The van der Waals surface area contributed by atoms with E-state index >= 15 is 4.39 Å². The molecule has 0 fully saturated rings. The fourth-order valence-electron chi connectivity index (χ4n) is 3.46. The number of nitrogens with one attached hydrogen (secondary N) is 1. The molecule has 0 spiro atoms. The van der Waals surface area contributed by atoms with Crippen molar-refractivity contribution < 1.29 is 4.39 Å². The van der Waals surface area contributed by atoms with E-state index in [1.165, 1.54) is 24.4 Å². The summed E-state index contributed by atoms with van der Waals surface area (Å²) in [6, 6.07) is 14.7. The molecule has 2 aromatic carbocycles. The maximum Gasteiger partial charge on any atom is 0.209 e. The van der Waals surface area contributed by atoms with Gasteiger partial charge in [0.1, 0.15) is 17.6 Å². The standard InChI is InChI=1S/C23H11ClFN5O/c24-16-10-14(9-12-4-2-7-27-19(12)16)20-21(15-5-1-3-13(11-26)18(15)25)30-23-22(29-20)17(31)6-8-28-23/h1-10H,(H,28,30,31). The van der Waals surface area contributed by atoms with E-state index in [1.807, 2.05) is 12.1 Å². The summed E-state index contributed by atoms with van der Waals surface area (Å²) in [5, 5.41) is 10.4. The first-order valence-electron chi connectivity index (χ1n) is 9.20. The molecule has 5 aromatic rings. The van der Waals surface area contributed by atoms with Crippen LogP contribution >= 0.6 is 11.6 Å². The van der Waals surface area contributed by atoms with Gasteiger partial charge in [-0.25, -0.2) is 14.4 Å². The molecule has 6 nitrogen and oxygen atoms in total. The average Bonchev–Trinajstić information content (AvgIpc) is 2.79. The van der Waals surface area contributed by atoms with Gasteiger partial charge in [-0.1, -0.05) is 23.7 Å². The van der Waals surface area contributed by atoms with Crippen molar-refractivity contribution in [3.8, 4) is 28.6 Å². The highest BCUT2D eigenvalue weighted by atomic mass is 35.5. The molecular formula is C23H11ClFN5O. The van der Waals surface area contributed by atoms with Crippen LogP contribution in [0.2, 0.25) is 5.02 Å². The Hall–Kier alpha value is -4.15. The van der Waals surface area contributed by atoms with E-state index in [9.17, 15) is 10.1 Å². The van der Waals surface area contributed by atoms with Crippen molar-refractivity contribution in [2.45, 2.75) is 0 Å². The van der Waals surface area contributed by atoms with Crippen molar-refractivity contribution in [3.05, 3.63) is 87.6 Å². The van der Waals surface area contributed by atoms with Crippen LogP contribution in [0.25, 0.3) is 44.6 Å². The number of hydrogen-bond donors (Lipinski definition) is 1. The largest absolute Gasteiger partial charge is 0.345 e. The number of rotatable bonds is 2. The molecule has 0 unspecified atom stereocenters. The summed E-state index contributed by atoms with van der Waals surface area (Å²) in [6.07, 6.45) is 3.08. The zero-order valence-corrected chi connectivity index (χ0v) is 16.5. The molecule has 0 saturated carbocycles. The van der Waals surface area contributed by atoms with Gasteiger partial charge in [-0.15, -0.1) is 0 Å². The lowest BCUT2D eigenvalue weighted by molar-refractivity contribution is 0.627. The second-order valence-corrected chi connectivity index (χ2v) is 7.18. The van der Waals surface area contributed by atoms with Crippen LogP contribution in [0.15, 0.2) is 65.7 Å². The second-order valence-electron chi connectivity index (χ2n) is 6.77. The van der Waals surface area contributed by atoms with Crippen LogP contribution in [-0.2, 0) is 0 Å².